The van der Waals surface area contributed by atoms with E-state index < -0.39 is 0 Å². The lowest BCUT2D eigenvalue weighted by Gasteiger charge is -2.15. The largest absolute Gasteiger partial charge is 0.0610 e. The van der Waals surface area contributed by atoms with E-state index in [0.29, 0.717) is 8.58 Å². The van der Waals surface area contributed by atoms with Crippen LogP contribution in [-0.4, -0.2) is 0 Å². The molecule has 0 N–H and O–H groups in total. The van der Waals surface area contributed by atoms with Gasteiger partial charge in [-0.25, -0.2) is 0 Å². The zero-order chi connectivity index (χ0) is 29.5. The Morgan fingerprint density at radius 3 is 1.09 bits per heavy atom. The maximum Gasteiger partial charge on any atom is -0.00206 e. The van der Waals surface area contributed by atoms with Crippen LogP contribution in [0.1, 0.15) is 0 Å². The Hall–Kier alpha value is -5.29. The first kappa shape index (κ1) is 25.1. The van der Waals surface area contributed by atoms with E-state index in [4.69, 9.17) is 0 Å². The second-order valence-corrected chi connectivity index (χ2v) is 13.6. The van der Waals surface area contributed by atoms with Crippen molar-refractivity contribution in [2.75, 3.05) is 0 Å². The van der Waals surface area contributed by atoms with Gasteiger partial charge in [0.2, 0.25) is 0 Å². The van der Waals surface area contributed by atoms with Gasteiger partial charge in [0.1, 0.15) is 0 Å². The smallest absolute Gasteiger partial charge is 0.00206 e. The Bertz CT molecular complexity index is 2510. The molecular weight excluding hydrogens is 559 g/mol. The summed E-state index contributed by atoms with van der Waals surface area (Å²) in [6.45, 7) is 0. The highest BCUT2D eigenvalue weighted by Gasteiger charge is 2.14. The molecule has 0 atom stereocenters. The molecule has 0 aliphatic rings. The Balaban J connectivity index is 1.05. The van der Waals surface area contributed by atoms with Crippen LogP contribution in [0.15, 0.2) is 158 Å². The van der Waals surface area contributed by atoms with Crippen LogP contribution in [0.25, 0.3) is 86.9 Å². The number of hydrogen-bond acceptors (Lipinski definition) is 0. The van der Waals surface area contributed by atoms with E-state index in [9.17, 15) is 0 Å². The van der Waals surface area contributed by atoms with Crippen LogP contribution in [0.4, 0.5) is 0 Å². The minimum atomic E-state index is 0.574. The fourth-order valence-electron chi connectivity index (χ4n) is 7.67. The molecule has 208 valence electrons. The Kier molecular flexibility index (Phi) is 5.35. The number of rotatable bonds is 4. The maximum atomic E-state index is 2.40. The first-order valence-corrected chi connectivity index (χ1v) is 16.6. The minimum Gasteiger partial charge on any atom is -0.0610 e. The van der Waals surface area contributed by atoms with Crippen LogP contribution >= 0.6 is 8.58 Å². The fourth-order valence-corrected chi connectivity index (χ4v) is 8.82. The summed E-state index contributed by atoms with van der Waals surface area (Å²) in [5, 5.41) is 18.7. The molecule has 0 amide bonds. The van der Waals surface area contributed by atoms with Gasteiger partial charge in [0.05, 0.1) is 0 Å². The van der Waals surface area contributed by atoms with Gasteiger partial charge in [-0.3, -0.25) is 0 Å². The van der Waals surface area contributed by atoms with Crippen molar-refractivity contribution in [2.45, 2.75) is 0 Å². The molecule has 10 rings (SSSR count). The van der Waals surface area contributed by atoms with E-state index in [0.717, 1.165) is 0 Å². The summed E-state index contributed by atoms with van der Waals surface area (Å²) in [6.07, 6.45) is 0. The molecule has 0 aromatic heterocycles. The van der Waals surface area contributed by atoms with Crippen LogP contribution in [0.2, 0.25) is 0 Å². The first-order valence-electron chi connectivity index (χ1n) is 15.6. The summed E-state index contributed by atoms with van der Waals surface area (Å²) in [5.41, 5.74) is 5.16. The van der Waals surface area contributed by atoms with Crippen molar-refractivity contribution in [1.29, 1.82) is 0 Å². The van der Waals surface area contributed by atoms with Crippen molar-refractivity contribution in [3.8, 4) is 22.3 Å². The van der Waals surface area contributed by atoms with Crippen molar-refractivity contribution in [3.05, 3.63) is 158 Å². The molecule has 0 fully saturated rings. The molecule has 0 heterocycles. The second-order valence-electron chi connectivity index (χ2n) is 12.2. The molecule has 10 aromatic rings. The zero-order valence-electron chi connectivity index (χ0n) is 24.5. The normalized spacial score (nSPS) is 12.1. The standard InChI is InChI=1S/C44H27P/c1-5-27-13-15-31-17-21-37(39-23-19-29(7-1)41(27)43(31)39)33-9-3-11-35(25-33)45-36-12-4-10-34(26-36)38-22-18-32-16-14-28-6-2-8-30-20-24-40(38)44(32)42(28)30/h1-26,45H. The maximum absolute atomic E-state index is 2.40. The van der Waals surface area contributed by atoms with Crippen LogP contribution in [0.5, 0.6) is 0 Å². The molecule has 0 aliphatic heterocycles. The lowest BCUT2D eigenvalue weighted by Crippen LogP contribution is -2.04. The third-order valence-corrected chi connectivity index (χ3v) is 10.9. The van der Waals surface area contributed by atoms with Gasteiger partial charge in [0.25, 0.3) is 0 Å². The van der Waals surface area contributed by atoms with E-state index in [2.05, 4.69) is 158 Å². The molecule has 0 unspecified atom stereocenters. The first-order chi connectivity index (χ1) is 22.3. The third kappa shape index (κ3) is 3.83. The van der Waals surface area contributed by atoms with Crippen LogP contribution in [0.3, 0.4) is 0 Å². The highest BCUT2D eigenvalue weighted by atomic mass is 31.1. The van der Waals surface area contributed by atoms with Crippen LogP contribution < -0.4 is 10.6 Å². The molecule has 0 bridgehead atoms. The minimum absolute atomic E-state index is 0.574. The van der Waals surface area contributed by atoms with Crippen LogP contribution in [0, 0.1) is 0 Å². The highest BCUT2D eigenvalue weighted by molar-refractivity contribution is 7.55. The van der Waals surface area contributed by atoms with Crippen molar-refractivity contribution in [3.63, 3.8) is 0 Å². The molecule has 45 heavy (non-hydrogen) atoms. The summed E-state index contributed by atoms with van der Waals surface area (Å²) >= 11 is 0. The summed E-state index contributed by atoms with van der Waals surface area (Å²) in [4.78, 5) is 0. The number of hydrogen-bond donors (Lipinski definition) is 0. The Labute approximate surface area is 263 Å². The van der Waals surface area contributed by atoms with Crippen LogP contribution in [-0.2, 0) is 0 Å². The average molecular weight is 587 g/mol. The number of benzene rings is 10. The van der Waals surface area contributed by atoms with Gasteiger partial charge in [-0.2, -0.15) is 0 Å². The molecule has 1 heteroatoms. The average Bonchev–Trinajstić information content (AvgIpc) is 3.10. The SMILES string of the molecule is c1cc(Pc2cccc(-c3ccc4ccc5cccc6ccc3c4c56)c2)cc(-c2ccc3ccc4cccc5ccc2c3c45)c1. The van der Waals surface area contributed by atoms with Gasteiger partial charge in [-0.1, -0.05) is 154 Å². The van der Waals surface area contributed by atoms with E-state index in [-0.39, 0.29) is 0 Å². The van der Waals surface area contributed by atoms with E-state index >= 15 is 0 Å². The molecule has 0 saturated carbocycles. The van der Waals surface area contributed by atoms with E-state index in [1.54, 1.807) is 0 Å². The Morgan fingerprint density at radius 1 is 0.289 bits per heavy atom. The van der Waals surface area contributed by atoms with E-state index in [1.807, 2.05) is 0 Å². The third-order valence-electron chi connectivity index (χ3n) is 9.69. The zero-order valence-corrected chi connectivity index (χ0v) is 25.5. The lowest BCUT2D eigenvalue weighted by atomic mass is 9.90. The molecule has 10 aromatic carbocycles. The quantitative estimate of drug-likeness (QED) is 0.142. The topological polar surface area (TPSA) is 0 Å². The van der Waals surface area contributed by atoms with Gasteiger partial charge in [0.15, 0.2) is 0 Å². The predicted octanol–water partition coefficient (Wildman–Crippen LogP) is 11.4. The van der Waals surface area contributed by atoms with E-state index in [1.165, 1.54) is 97.5 Å². The van der Waals surface area contributed by atoms with Gasteiger partial charge in [0, 0.05) is 0 Å². The van der Waals surface area contributed by atoms with Crippen molar-refractivity contribution >= 4 is 83.8 Å². The summed E-state index contributed by atoms with van der Waals surface area (Å²) in [7, 11) is 0.574. The van der Waals surface area contributed by atoms with Gasteiger partial charge in [-0.05, 0) is 110 Å². The molecule has 0 nitrogen and oxygen atoms in total. The lowest BCUT2D eigenvalue weighted by molar-refractivity contribution is 1.69. The Morgan fingerprint density at radius 2 is 0.644 bits per heavy atom. The highest BCUT2D eigenvalue weighted by Crippen LogP contribution is 2.41. The summed E-state index contributed by atoms with van der Waals surface area (Å²) in [5.74, 6) is 0. The molecule has 0 spiro atoms. The summed E-state index contributed by atoms with van der Waals surface area (Å²) < 4.78 is 0. The molecule has 0 radical (unpaired) electrons. The van der Waals surface area contributed by atoms with Crippen molar-refractivity contribution < 1.29 is 0 Å². The summed E-state index contributed by atoms with van der Waals surface area (Å²) in [6, 6.07) is 59.0. The molecule has 0 aliphatic carbocycles. The fraction of sp³-hybridized carbons (Fsp3) is 0. The predicted molar refractivity (Wildman–Crippen MR) is 199 cm³/mol. The monoisotopic (exact) mass is 586 g/mol. The molecular formula is C44H27P. The van der Waals surface area contributed by atoms with Gasteiger partial charge < -0.3 is 0 Å². The van der Waals surface area contributed by atoms with Gasteiger partial charge in [-0.15, -0.1) is 0 Å². The van der Waals surface area contributed by atoms with Crippen molar-refractivity contribution in [2.24, 2.45) is 0 Å². The van der Waals surface area contributed by atoms with Gasteiger partial charge >= 0.3 is 0 Å². The second kappa shape index (κ2) is 9.60. The van der Waals surface area contributed by atoms with Crippen molar-refractivity contribution in [1.82, 2.24) is 0 Å². The molecule has 0 saturated heterocycles.